The molecule has 0 saturated heterocycles. The zero-order chi connectivity index (χ0) is 30.9. The standard InChI is InChI=1S/C33H28O8S2/c1-40-28-17-22(19-30(32(28)36)42(38)26-9-5-3-6-10-26)13-15-24(34)21-25(35)16-14-23-18-29(41-2)33(37)31(20-23)43(39)27-11-7-4-8-12-27/h3-20,36-37H,21H2,1-2H3/b15-13+,16-14+. The molecule has 8 nitrogen and oxygen atoms in total. The molecule has 10 heteroatoms. The second-order valence-electron chi connectivity index (χ2n) is 9.08. The van der Waals surface area contributed by atoms with Crippen LogP contribution in [0.2, 0.25) is 0 Å². The normalized spacial score (nSPS) is 12.7. The summed E-state index contributed by atoms with van der Waals surface area (Å²) in [6.07, 6.45) is 4.91. The molecule has 4 aromatic carbocycles. The molecule has 0 fully saturated rings. The third-order valence-corrected chi connectivity index (χ3v) is 8.97. The molecule has 0 aromatic heterocycles. The fourth-order valence-corrected chi connectivity index (χ4v) is 6.36. The molecule has 2 N–H and O–H groups in total. The molecule has 0 amide bonds. The third kappa shape index (κ3) is 7.73. The highest BCUT2D eigenvalue weighted by atomic mass is 32.2. The first-order valence-corrected chi connectivity index (χ1v) is 15.2. The second kappa shape index (κ2) is 14.4. The average molecular weight is 617 g/mol. The Morgan fingerprint density at radius 3 is 1.37 bits per heavy atom. The van der Waals surface area contributed by atoms with Crippen molar-refractivity contribution in [2.75, 3.05) is 14.2 Å². The number of hydrogen-bond acceptors (Lipinski definition) is 8. The lowest BCUT2D eigenvalue weighted by molar-refractivity contribution is -0.121. The fourth-order valence-electron chi connectivity index (χ4n) is 4.00. The molecule has 0 aliphatic heterocycles. The first-order valence-electron chi connectivity index (χ1n) is 12.9. The molecule has 2 atom stereocenters. The lowest BCUT2D eigenvalue weighted by Gasteiger charge is -2.11. The van der Waals surface area contributed by atoms with Gasteiger partial charge in [0.15, 0.2) is 34.6 Å². The Balaban J connectivity index is 1.49. The Labute approximate surface area is 253 Å². The molecule has 220 valence electrons. The van der Waals surface area contributed by atoms with Crippen LogP contribution in [0.5, 0.6) is 23.0 Å². The molecular weight excluding hydrogens is 588 g/mol. The summed E-state index contributed by atoms with van der Waals surface area (Å²) < 4.78 is 36.6. The summed E-state index contributed by atoms with van der Waals surface area (Å²) >= 11 is 0. The number of phenols is 2. The second-order valence-corrected chi connectivity index (χ2v) is 12.0. The predicted octanol–water partition coefficient (Wildman–Crippen LogP) is 5.70. The summed E-state index contributed by atoms with van der Waals surface area (Å²) in [6, 6.07) is 23.1. The first kappa shape index (κ1) is 31.1. The van der Waals surface area contributed by atoms with Gasteiger partial charge in [-0.1, -0.05) is 48.6 Å². The van der Waals surface area contributed by atoms with Crippen LogP contribution in [0.15, 0.2) is 117 Å². The van der Waals surface area contributed by atoms with Crippen LogP contribution in [0.25, 0.3) is 12.2 Å². The highest BCUT2D eigenvalue weighted by Crippen LogP contribution is 2.37. The molecule has 0 aliphatic rings. The van der Waals surface area contributed by atoms with Crippen LogP contribution in [-0.4, -0.2) is 44.4 Å². The van der Waals surface area contributed by atoms with Crippen LogP contribution < -0.4 is 9.47 Å². The van der Waals surface area contributed by atoms with Gasteiger partial charge in [-0.15, -0.1) is 0 Å². The maximum atomic E-state index is 13.1. The number of carbonyl (C=O) groups excluding carboxylic acids is 2. The number of hydrogen-bond donors (Lipinski definition) is 2. The third-order valence-electron chi connectivity index (χ3n) is 6.15. The van der Waals surface area contributed by atoms with E-state index in [1.807, 2.05) is 0 Å². The monoisotopic (exact) mass is 616 g/mol. The van der Waals surface area contributed by atoms with Gasteiger partial charge in [-0.25, -0.2) is 8.42 Å². The molecule has 0 saturated carbocycles. The topological polar surface area (TPSA) is 127 Å². The van der Waals surface area contributed by atoms with Crippen LogP contribution in [0.3, 0.4) is 0 Å². The van der Waals surface area contributed by atoms with Crippen molar-refractivity contribution < 1.29 is 37.7 Å². The van der Waals surface area contributed by atoms with E-state index in [9.17, 15) is 28.2 Å². The molecule has 4 aromatic rings. The Kier molecular flexibility index (Phi) is 10.4. The van der Waals surface area contributed by atoms with Crippen molar-refractivity contribution in [3.63, 3.8) is 0 Å². The van der Waals surface area contributed by atoms with Gasteiger partial charge in [-0.05, 0) is 71.8 Å². The fraction of sp³-hybridized carbons (Fsp3) is 0.0909. The highest BCUT2D eigenvalue weighted by Gasteiger charge is 2.18. The van der Waals surface area contributed by atoms with Crippen molar-refractivity contribution in [1.29, 1.82) is 0 Å². The van der Waals surface area contributed by atoms with Crippen molar-refractivity contribution in [2.24, 2.45) is 0 Å². The number of carbonyl (C=O) groups is 2. The quantitative estimate of drug-likeness (QED) is 0.153. The predicted molar refractivity (Wildman–Crippen MR) is 164 cm³/mol. The van der Waals surface area contributed by atoms with Gasteiger partial charge in [-0.2, -0.15) is 0 Å². The minimum Gasteiger partial charge on any atom is -0.503 e. The molecule has 2 unspecified atom stereocenters. The van der Waals surface area contributed by atoms with Gasteiger partial charge in [0.2, 0.25) is 0 Å². The Bertz CT molecular complexity index is 1620. The van der Waals surface area contributed by atoms with Gasteiger partial charge in [0, 0.05) is 9.79 Å². The van der Waals surface area contributed by atoms with E-state index in [-0.39, 0.29) is 32.8 Å². The number of ether oxygens (including phenoxy) is 2. The van der Waals surface area contributed by atoms with Crippen LogP contribution in [0, 0.1) is 0 Å². The minimum absolute atomic E-state index is 0.0878. The smallest absolute Gasteiger partial charge is 0.174 e. The number of phenolic OH excluding ortho intramolecular Hbond substituents is 2. The lowest BCUT2D eigenvalue weighted by Crippen LogP contribution is -2.02. The van der Waals surface area contributed by atoms with E-state index in [0.29, 0.717) is 20.9 Å². The van der Waals surface area contributed by atoms with Crippen LogP contribution in [0.4, 0.5) is 0 Å². The van der Waals surface area contributed by atoms with Gasteiger partial charge in [0.25, 0.3) is 0 Å². The van der Waals surface area contributed by atoms with Crippen molar-refractivity contribution in [1.82, 2.24) is 0 Å². The number of aromatic hydroxyl groups is 2. The first-order chi connectivity index (χ1) is 20.7. The van der Waals surface area contributed by atoms with Crippen LogP contribution in [-0.2, 0) is 31.2 Å². The molecular formula is C33H28O8S2. The molecule has 0 aliphatic carbocycles. The van der Waals surface area contributed by atoms with Crippen molar-refractivity contribution >= 4 is 45.3 Å². The van der Waals surface area contributed by atoms with Gasteiger partial charge in [0.1, 0.15) is 0 Å². The summed E-state index contributed by atoms with van der Waals surface area (Å²) in [6.45, 7) is 0. The summed E-state index contributed by atoms with van der Waals surface area (Å²) in [5.41, 5.74) is 0.890. The number of ketones is 2. The van der Waals surface area contributed by atoms with E-state index in [4.69, 9.17) is 9.47 Å². The summed E-state index contributed by atoms with van der Waals surface area (Å²) in [5.74, 6) is -1.33. The number of methoxy groups -OCH3 is 2. The van der Waals surface area contributed by atoms with E-state index < -0.39 is 39.6 Å². The van der Waals surface area contributed by atoms with E-state index in [0.717, 1.165) is 0 Å². The summed E-state index contributed by atoms with van der Waals surface area (Å²) in [7, 11) is -0.679. The number of allylic oxidation sites excluding steroid dienone is 2. The minimum atomic E-state index is -1.70. The summed E-state index contributed by atoms with van der Waals surface area (Å²) in [5, 5.41) is 21.1. The average Bonchev–Trinajstić information content (AvgIpc) is 3.03. The van der Waals surface area contributed by atoms with Gasteiger partial charge < -0.3 is 19.7 Å². The van der Waals surface area contributed by atoms with Crippen molar-refractivity contribution in [2.45, 2.75) is 26.0 Å². The van der Waals surface area contributed by atoms with E-state index in [1.54, 1.807) is 60.7 Å². The molecule has 4 rings (SSSR count). The van der Waals surface area contributed by atoms with Crippen molar-refractivity contribution in [3.05, 3.63) is 108 Å². The zero-order valence-electron chi connectivity index (χ0n) is 23.3. The summed E-state index contributed by atoms with van der Waals surface area (Å²) in [4.78, 5) is 26.3. The van der Waals surface area contributed by atoms with Gasteiger partial charge >= 0.3 is 0 Å². The Morgan fingerprint density at radius 1 is 0.651 bits per heavy atom. The maximum Gasteiger partial charge on any atom is 0.174 e. The SMILES string of the molecule is COc1cc(/C=C/C(=O)CC(=O)/C=C/c2cc(OC)c(O)c(S(=O)c3ccccc3)c2)cc(S(=O)c2ccccc2)c1O. The molecule has 0 radical (unpaired) electrons. The molecule has 0 heterocycles. The van der Waals surface area contributed by atoms with Crippen molar-refractivity contribution in [3.8, 4) is 23.0 Å². The van der Waals surface area contributed by atoms with E-state index in [1.165, 1.54) is 62.8 Å². The molecule has 0 bridgehead atoms. The highest BCUT2D eigenvalue weighted by molar-refractivity contribution is 7.85. The Morgan fingerprint density at radius 2 is 1.02 bits per heavy atom. The number of rotatable bonds is 12. The van der Waals surface area contributed by atoms with Gasteiger partial charge in [0.05, 0.1) is 52.0 Å². The Hall–Kier alpha value is -4.80. The van der Waals surface area contributed by atoms with Crippen LogP contribution in [0.1, 0.15) is 17.5 Å². The lowest BCUT2D eigenvalue weighted by atomic mass is 10.1. The molecule has 43 heavy (non-hydrogen) atoms. The molecule has 0 spiro atoms. The number of benzene rings is 4. The largest absolute Gasteiger partial charge is 0.503 e. The maximum absolute atomic E-state index is 13.1. The van der Waals surface area contributed by atoms with E-state index in [2.05, 4.69) is 0 Å². The van der Waals surface area contributed by atoms with E-state index >= 15 is 0 Å². The van der Waals surface area contributed by atoms with Gasteiger partial charge in [-0.3, -0.25) is 9.59 Å². The zero-order valence-corrected chi connectivity index (χ0v) is 24.9. The van der Waals surface area contributed by atoms with Crippen LogP contribution >= 0.6 is 0 Å².